The van der Waals surface area contributed by atoms with Gasteiger partial charge in [-0.3, -0.25) is 9.80 Å². The molecule has 0 aliphatic carbocycles. The number of hydrogen-bond donors (Lipinski definition) is 0. The molecule has 5 heteroatoms. The Hall–Kier alpha value is -1.76. The summed E-state index contributed by atoms with van der Waals surface area (Å²) in [6, 6.07) is 17.9. The predicted molar refractivity (Wildman–Crippen MR) is 225 cm³/mol. The molecule has 0 spiro atoms. The van der Waals surface area contributed by atoms with E-state index in [1.54, 1.807) is 0 Å². The van der Waals surface area contributed by atoms with E-state index in [0.717, 1.165) is 78.2 Å². The van der Waals surface area contributed by atoms with E-state index in [0.29, 0.717) is 13.2 Å². The minimum Gasteiger partial charge on any atom is -0.379 e. The molecule has 2 aliphatic heterocycles. The summed E-state index contributed by atoms with van der Waals surface area (Å²) in [4.78, 5) is 5.19. The van der Waals surface area contributed by atoms with Gasteiger partial charge in [0.25, 0.3) is 0 Å². The quantitative estimate of drug-likeness (QED) is 0.0700. The Morgan fingerprint density at radius 2 is 0.792 bits per heavy atom. The Bertz CT molecular complexity index is 1080. The van der Waals surface area contributed by atoms with Crippen LogP contribution in [0.15, 0.2) is 48.5 Å². The average Bonchev–Trinajstić information content (AvgIpc) is 3.18. The van der Waals surface area contributed by atoms with Crippen LogP contribution in [0.5, 0.6) is 0 Å². The molecule has 2 aromatic rings. The van der Waals surface area contributed by atoms with Gasteiger partial charge in [-0.05, 0) is 47.9 Å². The number of rotatable bonds is 32. The number of benzene rings is 2. The SMILES string of the molecule is CCCCCCCCCCCCOCC(CN1CCc2ccccc2C1)OC(COCCCCCCCCCCCC)CN1CCc2ccccc2C1. The van der Waals surface area contributed by atoms with Crippen molar-refractivity contribution >= 4 is 0 Å². The summed E-state index contributed by atoms with van der Waals surface area (Å²) < 4.78 is 20.0. The van der Waals surface area contributed by atoms with E-state index in [9.17, 15) is 0 Å². The molecule has 2 unspecified atom stereocenters. The minimum absolute atomic E-state index is 0.0337. The van der Waals surface area contributed by atoms with Crippen molar-refractivity contribution in [2.24, 2.45) is 0 Å². The van der Waals surface area contributed by atoms with Crippen LogP contribution in [-0.2, 0) is 40.1 Å². The monoisotopic (exact) mass is 733 g/mol. The normalized spacial score (nSPS) is 16.0. The van der Waals surface area contributed by atoms with Crippen molar-refractivity contribution < 1.29 is 14.2 Å². The lowest BCUT2D eigenvalue weighted by Gasteiger charge is -2.36. The lowest BCUT2D eigenvalue weighted by Crippen LogP contribution is -2.45. The predicted octanol–water partition coefficient (Wildman–Crippen LogP) is 11.7. The zero-order valence-corrected chi connectivity index (χ0v) is 34.5. The molecule has 0 fully saturated rings. The van der Waals surface area contributed by atoms with E-state index in [4.69, 9.17) is 14.2 Å². The zero-order chi connectivity index (χ0) is 37.0. The van der Waals surface area contributed by atoms with Crippen LogP contribution >= 0.6 is 0 Å². The highest BCUT2D eigenvalue weighted by atomic mass is 16.6. The van der Waals surface area contributed by atoms with Gasteiger partial charge in [0.1, 0.15) is 0 Å². The molecule has 2 atom stereocenters. The van der Waals surface area contributed by atoms with E-state index < -0.39 is 0 Å². The molecular formula is C48H80N2O3. The van der Waals surface area contributed by atoms with Crippen molar-refractivity contribution in [3.63, 3.8) is 0 Å². The number of unbranched alkanes of at least 4 members (excludes halogenated alkanes) is 18. The third kappa shape index (κ3) is 19.1. The van der Waals surface area contributed by atoms with E-state index in [-0.39, 0.29) is 12.2 Å². The molecule has 300 valence electrons. The van der Waals surface area contributed by atoms with Gasteiger partial charge in [-0.25, -0.2) is 0 Å². The van der Waals surface area contributed by atoms with E-state index in [2.05, 4.69) is 72.2 Å². The fourth-order valence-electron chi connectivity index (χ4n) is 8.35. The average molecular weight is 733 g/mol. The molecule has 0 saturated heterocycles. The maximum atomic E-state index is 7.10. The maximum Gasteiger partial charge on any atom is 0.0940 e. The molecule has 2 aliphatic rings. The highest BCUT2D eigenvalue weighted by Crippen LogP contribution is 2.22. The van der Waals surface area contributed by atoms with Crippen LogP contribution in [-0.4, -0.2) is 74.6 Å². The van der Waals surface area contributed by atoms with E-state index >= 15 is 0 Å². The Balaban J connectivity index is 1.25. The fourth-order valence-corrected chi connectivity index (χ4v) is 8.35. The molecule has 0 N–H and O–H groups in total. The van der Waals surface area contributed by atoms with Crippen LogP contribution < -0.4 is 0 Å². The molecule has 53 heavy (non-hydrogen) atoms. The lowest BCUT2D eigenvalue weighted by atomic mass is 9.99. The summed E-state index contributed by atoms with van der Waals surface area (Å²) in [6.07, 6.45) is 29.3. The molecule has 5 nitrogen and oxygen atoms in total. The van der Waals surface area contributed by atoms with Crippen molar-refractivity contribution in [1.29, 1.82) is 0 Å². The zero-order valence-electron chi connectivity index (χ0n) is 34.5. The molecule has 0 bridgehead atoms. The third-order valence-corrected chi connectivity index (χ3v) is 11.6. The number of ether oxygens (including phenoxy) is 3. The summed E-state index contributed by atoms with van der Waals surface area (Å²) in [5.41, 5.74) is 5.93. The van der Waals surface area contributed by atoms with Gasteiger partial charge >= 0.3 is 0 Å². The Kier molecular flexibility index (Phi) is 23.7. The molecule has 0 radical (unpaired) electrons. The summed E-state index contributed by atoms with van der Waals surface area (Å²) in [5.74, 6) is 0. The summed E-state index contributed by atoms with van der Waals surface area (Å²) in [5, 5.41) is 0. The molecule has 2 aromatic carbocycles. The molecule has 2 heterocycles. The van der Waals surface area contributed by atoms with Gasteiger partial charge in [-0.1, -0.05) is 178 Å². The van der Waals surface area contributed by atoms with Gasteiger partial charge in [-0.2, -0.15) is 0 Å². The van der Waals surface area contributed by atoms with Crippen LogP contribution in [0.2, 0.25) is 0 Å². The van der Waals surface area contributed by atoms with Crippen LogP contribution in [0.1, 0.15) is 165 Å². The first-order valence-corrected chi connectivity index (χ1v) is 22.6. The van der Waals surface area contributed by atoms with Crippen LogP contribution in [0, 0.1) is 0 Å². The van der Waals surface area contributed by atoms with Crippen molar-refractivity contribution in [3.05, 3.63) is 70.8 Å². The fraction of sp³-hybridized carbons (Fsp3) is 0.750. The third-order valence-electron chi connectivity index (χ3n) is 11.6. The highest BCUT2D eigenvalue weighted by Gasteiger charge is 2.26. The minimum atomic E-state index is 0.0337. The maximum absolute atomic E-state index is 7.10. The van der Waals surface area contributed by atoms with Gasteiger partial charge in [0.2, 0.25) is 0 Å². The second-order valence-electron chi connectivity index (χ2n) is 16.4. The van der Waals surface area contributed by atoms with Gasteiger partial charge in [0.05, 0.1) is 25.4 Å². The first-order chi connectivity index (χ1) is 26.2. The van der Waals surface area contributed by atoms with Gasteiger partial charge in [0, 0.05) is 52.5 Å². The summed E-state index contributed by atoms with van der Waals surface area (Å²) in [6.45, 7) is 13.6. The molecule has 0 amide bonds. The molecular weight excluding hydrogens is 653 g/mol. The second kappa shape index (κ2) is 28.6. The van der Waals surface area contributed by atoms with Gasteiger partial charge < -0.3 is 14.2 Å². The van der Waals surface area contributed by atoms with Crippen LogP contribution in [0.25, 0.3) is 0 Å². The smallest absolute Gasteiger partial charge is 0.0940 e. The topological polar surface area (TPSA) is 34.2 Å². The molecule has 0 saturated carbocycles. The van der Waals surface area contributed by atoms with E-state index in [1.807, 2.05) is 0 Å². The highest BCUT2D eigenvalue weighted by molar-refractivity contribution is 5.30. The second-order valence-corrected chi connectivity index (χ2v) is 16.4. The Labute approximate surface area is 326 Å². The van der Waals surface area contributed by atoms with Crippen molar-refractivity contribution in [2.75, 3.05) is 52.6 Å². The summed E-state index contributed by atoms with van der Waals surface area (Å²) >= 11 is 0. The standard InChI is InChI=1S/C48H80N2O3/c1-3-5-7-9-11-13-15-17-19-25-35-51-41-47(39-49-33-31-43-27-21-23-29-45(43)37-49)53-48(40-50-34-32-44-28-22-24-30-46(44)38-50)42-52-36-26-20-18-16-14-12-10-8-6-4-2/h21-24,27-30,47-48H,3-20,25-26,31-42H2,1-2H3. The lowest BCUT2D eigenvalue weighted by molar-refractivity contribution is -0.105. The van der Waals surface area contributed by atoms with Gasteiger partial charge in [-0.15, -0.1) is 0 Å². The Morgan fingerprint density at radius 3 is 1.17 bits per heavy atom. The van der Waals surface area contributed by atoms with Gasteiger partial charge in [0.15, 0.2) is 0 Å². The van der Waals surface area contributed by atoms with Crippen molar-refractivity contribution in [2.45, 2.75) is 180 Å². The largest absolute Gasteiger partial charge is 0.379 e. The molecule has 0 aromatic heterocycles. The van der Waals surface area contributed by atoms with E-state index in [1.165, 1.54) is 138 Å². The molecule has 4 rings (SSSR count). The van der Waals surface area contributed by atoms with Crippen molar-refractivity contribution in [1.82, 2.24) is 9.80 Å². The number of hydrogen-bond acceptors (Lipinski definition) is 5. The first kappa shape index (κ1) is 44.0. The Morgan fingerprint density at radius 1 is 0.453 bits per heavy atom. The van der Waals surface area contributed by atoms with Crippen LogP contribution in [0.4, 0.5) is 0 Å². The summed E-state index contributed by atoms with van der Waals surface area (Å²) in [7, 11) is 0. The van der Waals surface area contributed by atoms with Crippen LogP contribution in [0.3, 0.4) is 0 Å². The van der Waals surface area contributed by atoms with Crippen molar-refractivity contribution in [3.8, 4) is 0 Å². The number of fused-ring (bicyclic) bond motifs is 2. The first-order valence-electron chi connectivity index (χ1n) is 22.6. The number of nitrogens with zero attached hydrogens (tertiary/aromatic N) is 2.